The molecule has 82 valence electrons. The molecule has 0 saturated heterocycles. The molecule has 1 aromatic heterocycles. The van der Waals surface area contributed by atoms with Crippen molar-refractivity contribution >= 4 is 18.7 Å². The highest BCUT2D eigenvalue weighted by Gasteiger charge is 2.26. The van der Waals surface area contributed by atoms with Gasteiger partial charge in [0, 0.05) is 22.1 Å². The number of nitrogens with zero attached hydrogens (tertiary/aromatic N) is 1. The van der Waals surface area contributed by atoms with Gasteiger partial charge in [-0.2, -0.15) is 12.6 Å². The summed E-state index contributed by atoms with van der Waals surface area (Å²) in [5.41, 5.74) is 2.29. The summed E-state index contributed by atoms with van der Waals surface area (Å²) in [7, 11) is 0. The summed E-state index contributed by atoms with van der Waals surface area (Å²) in [6, 6.07) is 0. The largest absolute Gasteiger partial charge is 0.506 e. The minimum Gasteiger partial charge on any atom is -0.506 e. The molecule has 0 radical (unpaired) electrons. The van der Waals surface area contributed by atoms with Crippen molar-refractivity contribution in [2.24, 2.45) is 0 Å². The first-order valence-electron chi connectivity index (χ1n) is 4.98. The molecule has 3 heteroatoms. The highest BCUT2D eigenvalue weighted by Crippen LogP contribution is 2.40. The fraction of sp³-hybridized carbons (Fsp3) is 0.417. The maximum Gasteiger partial charge on any atom is 0.141 e. The summed E-state index contributed by atoms with van der Waals surface area (Å²) >= 11 is 4.58. The third-order valence-electron chi connectivity index (χ3n) is 2.71. The molecule has 1 N–H and O–H groups in total. The third-order valence-corrected chi connectivity index (χ3v) is 3.25. The van der Waals surface area contributed by atoms with Crippen LogP contribution in [-0.2, 0) is 4.75 Å². The Morgan fingerprint density at radius 1 is 1.67 bits per heavy atom. The molecule has 0 aliphatic carbocycles. The first-order chi connectivity index (χ1) is 6.94. The van der Waals surface area contributed by atoms with Gasteiger partial charge in [-0.3, -0.25) is 4.98 Å². The van der Waals surface area contributed by atoms with Crippen molar-refractivity contribution in [1.82, 2.24) is 4.98 Å². The van der Waals surface area contributed by atoms with Gasteiger partial charge >= 0.3 is 0 Å². The van der Waals surface area contributed by atoms with Gasteiger partial charge in [0.2, 0.25) is 0 Å². The van der Waals surface area contributed by atoms with E-state index in [1.165, 1.54) is 0 Å². The van der Waals surface area contributed by atoms with Gasteiger partial charge in [-0.15, -0.1) is 0 Å². The topological polar surface area (TPSA) is 33.1 Å². The minimum atomic E-state index is -0.360. The molecule has 0 bridgehead atoms. The number of hydrogen-bond donors (Lipinski definition) is 2. The molecule has 1 rings (SSSR count). The van der Waals surface area contributed by atoms with E-state index in [-0.39, 0.29) is 10.5 Å². The van der Waals surface area contributed by atoms with Crippen LogP contribution in [0.15, 0.2) is 12.8 Å². The highest BCUT2D eigenvalue weighted by atomic mass is 32.1. The van der Waals surface area contributed by atoms with Crippen molar-refractivity contribution in [2.45, 2.75) is 31.9 Å². The van der Waals surface area contributed by atoms with E-state index in [2.05, 4.69) is 24.2 Å². The maximum absolute atomic E-state index is 10.0. The lowest BCUT2D eigenvalue weighted by molar-refractivity contribution is 0.449. The van der Waals surface area contributed by atoms with E-state index in [1.807, 2.05) is 13.8 Å². The predicted octanol–water partition coefficient (Wildman–Crippen LogP) is 3.29. The van der Waals surface area contributed by atoms with Crippen LogP contribution in [0, 0.1) is 6.92 Å². The predicted molar refractivity (Wildman–Crippen MR) is 67.4 cm³/mol. The van der Waals surface area contributed by atoms with E-state index in [0.29, 0.717) is 5.69 Å². The van der Waals surface area contributed by atoms with Crippen molar-refractivity contribution in [3.05, 3.63) is 29.6 Å². The Labute approximate surface area is 96.5 Å². The molecule has 0 spiro atoms. The quantitative estimate of drug-likeness (QED) is 0.771. The summed E-state index contributed by atoms with van der Waals surface area (Å²) in [6.45, 7) is 9.53. The zero-order valence-corrected chi connectivity index (χ0v) is 10.3. The zero-order valence-electron chi connectivity index (χ0n) is 9.41. The summed E-state index contributed by atoms with van der Waals surface area (Å²) in [4.78, 5) is 4.10. The van der Waals surface area contributed by atoms with Crippen LogP contribution in [0.3, 0.4) is 0 Å². The lowest BCUT2D eigenvalue weighted by Crippen LogP contribution is -2.15. The number of thiol groups is 1. The molecule has 1 atom stereocenters. The Hall–Kier alpha value is -0.960. The number of hydrogen-bond acceptors (Lipinski definition) is 3. The van der Waals surface area contributed by atoms with Crippen molar-refractivity contribution in [1.29, 1.82) is 0 Å². The fourth-order valence-corrected chi connectivity index (χ4v) is 1.74. The average molecular weight is 223 g/mol. The molecule has 0 amide bonds. The molecule has 2 nitrogen and oxygen atoms in total. The molecule has 1 aromatic rings. The van der Waals surface area contributed by atoms with Crippen LogP contribution in [0.5, 0.6) is 5.75 Å². The Kier molecular flexibility index (Phi) is 3.45. The fourth-order valence-electron chi connectivity index (χ4n) is 1.51. The van der Waals surface area contributed by atoms with Crippen molar-refractivity contribution < 1.29 is 5.11 Å². The molecule has 1 heterocycles. The lowest BCUT2D eigenvalue weighted by Gasteiger charge is -2.25. The van der Waals surface area contributed by atoms with E-state index in [9.17, 15) is 5.11 Å². The Bertz CT molecular complexity index is 385. The van der Waals surface area contributed by atoms with E-state index in [4.69, 9.17) is 0 Å². The number of rotatable bonds is 3. The summed E-state index contributed by atoms with van der Waals surface area (Å²) in [5.74, 6) is 0.228. The Morgan fingerprint density at radius 2 is 2.27 bits per heavy atom. The van der Waals surface area contributed by atoms with Gasteiger partial charge in [-0.1, -0.05) is 19.6 Å². The first kappa shape index (κ1) is 12.1. The van der Waals surface area contributed by atoms with Gasteiger partial charge in [0.1, 0.15) is 5.75 Å². The smallest absolute Gasteiger partial charge is 0.141 e. The van der Waals surface area contributed by atoms with Crippen molar-refractivity contribution in [2.75, 3.05) is 0 Å². The minimum absolute atomic E-state index is 0.228. The Balaban J connectivity index is 3.49. The second-order valence-electron chi connectivity index (χ2n) is 3.85. The second kappa shape index (κ2) is 4.27. The van der Waals surface area contributed by atoms with Gasteiger partial charge in [0.15, 0.2) is 0 Å². The van der Waals surface area contributed by atoms with Crippen molar-refractivity contribution in [3.63, 3.8) is 0 Å². The van der Waals surface area contributed by atoms with Gasteiger partial charge in [0.05, 0.1) is 5.69 Å². The second-order valence-corrected chi connectivity index (χ2v) is 4.84. The van der Waals surface area contributed by atoms with Gasteiger partial charge in [0.25, 0.3) is 0 Å². The van der Waals surface area contributed by atoms with Crippen LogP contribution in [-0.4, -0.2) is 10.1 Å². The molecule has 0 saturated carbocycles. The van der Waals surface area contributed by atoms with E-state index < -0.39 is 0 Å². The maximum atomic E-state index is 10.0. The molecule has 0 aliphatic rings. The van der Waals surface area contributed by atoms with Crippen LogP contribution < -0.4 is 0 Å². The monoisotopic (exact) mass is 223 g/mol. The van der Waals surface area contributed by atoms with Crippen LogP contribution in [0.1, 0.15) is 37.1 Å². The molecular weight excluding hydrogens is 206 g/mol. The van der Waals surface area contributed by atoms with E-state index in [1.54, 1.807) is 19.2 Å². The number of aromatic hydroxyl groups is 1. The van der Waals surface area contributed by atoms with Crippen LogP contribution in [0.4, 0.5) is 0 Å². The van der Waals surface area contributed by atoms with Gasteiger partial charge in [-0.25, -0.2) is 0 Å². The number of aryl methyl sites for hydroxylation is 1. The van der Waals surface area contributed by atoms with E-state index in [0.717, 1.165) is 17.5 Å². The summed E-state index contributed by atoms with van der Waals surface area (Å²) in [6.07, 6.45) is 4.25. The van der Waals surface area contributed by atoms with Crippen LogP contribution >= 0.6 is 12.6 Å². The lowest BCUT2D eigenvalue weighted by atomic mass is 9.92. The molecular formula is C12H17NOS. The zero-order chi connectivity index (χ0) is 11.6. The van der Waals surface area contributed by atoms with Gasteiger partial charge < -0.3 is 5.11 Å². The molecule has 0 aromatic carbocycles. The molecule has 0 fully saturated rings. The highest BCUT2D eigenvalue weighted by molar-refractivity contribution is 7.81. The standard InChI is InChI=1S/C12H17NOS/c1-5-9-7-13-8(3)11(14)10(9)12(4,15)6-2/h5,7,14-15H,1,6H2,2-4H3. The number of aromatic nitrogens is 1. The Morgan fingerprint density at radius 3 is 2.73 bits per heavy atom. The van der Waals surface area contributed by atoms with Gasteiger partial charge in [-0.05, 0) is 20.3 Å². The van der Waals surface area contributed by atoms with Crippen LogP contribution in [0.25, 0.3) is 6.08 Å². The van der Waals surface area contributed by atoms with E-state index >= 15 is 0 Å². The third kappa shape index (κ3) is 2.17. The normalized spacial score (nSPS) is 14.7. The van der Waals surface area contributed by atoms with Crippen LogP contribution in [0.2, 0.25) is 0 Å². The average Bonchev–Trinajstić information content (AvgIpc) is 2.21. The molecule has 15 heavy (non-hydrogen) atoms. The SMILES string of the molecule is C=Cc1cnc(C)c(O)c1C(C)(S)CC. The van der Waals surface area contributed by atoms with Crippen molar-refractivity contribution in [3.8, 4) is 5.75 Å². The first-order valence-corrected chi connectivity index (χ1v) is 5.42. The summed E-state index contributed by atoms with van der Waals surface area (Å²) in [5, 5.41) is 10.0. The molecule has 1 unspecified atom stereocenters. The summed E-state index contributed by atoms with van der Waals surface area (Å²) < 4.78 is -0.360. The number of pyridine rings is 1. The molecule has 0 aliphatic heterocycles.